The number of ether oxygens (including phenoxy) is 1. The van der Waals surface area contributed by atoms with Crippen molar-refractivity contribution in [2.24, 2.45) is 0 Å². The number of pyridine rings is 1. The summed E-state index contributed by atoms with van der Waals surface area (Å²) in [6.45, 7) is 0.491. The fourth-order valence-electron chi connectivity index (χ4n) is 2.45. The van der Waals surface area contributed by atoms with Crippen molar-refractivity contribution >= 4 is 5.82 Å². The average Bonchev–Trinajstić information content (AvgIpc) is 2.55. The first kappa shape index (κ1) is 11.8. The van der Waals surface area contributed by atoms with Gasteiger partial charge in [0.1, 0.15) is 12.3 Å². The van der Waals surface area contributed by atoms with Crippen LogP contribution in [0.1, 0.15) is 5.56 Å². The van der Waals surface area contributed by atoms with E-state index in [4.69, 9.17) is 10.5 Å². The van der Waals surface area contributed by atoms with Gasteiger partial charge in [-0.2, -0.15) is 0 Å². The number of anilines is 1. The van der Waals surface area contributed by atoms with Gasteiger partial charge in [-0.3, -0.25) is 4.98 Å². The summed E-state index contributed by atoms with van der Waals surface area (Å²) < 4.78 is 5.71. The van der Waals surface area contributed by atoms with Crippen LogP contribution in [0.15, 0.2) is 48.8 Å². The van der Waals surface area contributed by atoms with Gasteiger partial charge in [0.2, 0.25) is 0 Å². The molecule has 1 aliphatic heterocycles. The first-order valence-electron chi connectivity index (χ1n) is 6.62. The SMILES string of the molecule is Nc1nc(-c2ccncc2)nc2c1OCc1ccccc1-2. The van der Waals surface area contributed by atoms with Crippen LogP contribution in [0.4, 0.5) is 5.82 Å². The lowest BCUT2D eigenvalue weighted by atomic mass is 10.0. The Labute approximate surface area is 121 Å². The van der Waals surface area contributed by atoms with Crippen LogP contribution in [-0.4, -0.2) is 15.0 Å². The zero-order valence-electron chi connectivity index (χ0n) is 11.2. The molecule has 1 aromatic carbocycles. The molecule has 0 amide bonds. The van der Waals surface area contributed by atoms with Crippen molar-refractivity contribution in [2.45, 2.75) is 6.61 Å². The van der Waals surface area contributed by atoms with Crippen molar-refractivity contribution in [3.8, 4) is 28.4 Å². The Hall–Kier alpha value is -2.95. The highest BCUT2D eigenvalue weighted by atomic mass is 16.5. The summed E-state index contributed by atoms with van der Waals surface area (Å²) in [5.74, 6) is 1.50. The van der Waals surface area contributed by atoms with Crippen molar-refractivity contribution < 1.29 is 4.74 Å². The van der Waals surface area contributed by atoms with E-state index in [1.807, 2.05) is 36.4 Å². The molecule has 0 saturated heterocycles. The molecule has 0 bridgehead atoms. The maximum atomic E-state index is 6.04. The van der Waals surface area contributed by atoms with Crippen molar-refractivity contribution in [1.82, 2.24) is 15.0 Å². The number of nitrogens with zero attached hydrogens (tertiary/aromatic N) is 3. The van der Waals surface area contributed by atoms with Crippen LogP contribution in [-0.2, 0) is 6.61 Å². The molecule has 3 aromatic rings. The third-order valence-electron chi connectivity index (χ3n) is 3.47. The lowest BCUT2D eigenvalue weighted by Crippen LogP contribution is -2.11. The second-order valence-corrected chi connectivity index (χ2v) is 4.79. The molecule has 0 spiro atoms. The fourth-order valence-corrected chi connectivity index (χ4v) is 2.45. The number of nitrogen functional groups attached to an aromatic ring is 1. The Morgan fingerprint density at radius 3 is 2.67 bits per heavy atom. The van der Waals surface area contributed by atoms with Crippen LogP contribution < -0.4 is 10.5 Å². The number of fused-ring (bicyclic) bond motifs is 3. The molecule has 21 heavy (non-hydrogen) atoms. The maximum Gasteiger partial charge on any atom is 0.188 e. The summed E-state index contributed by atoms with van der Waals surface area (Å²) in [7, 11) is 0. The van der Waals surface area contributed by atoms with Crippen LogP contribution in [0.2, 0.25) is 0 Å². The molecular formula is C16H12N4O. The third kappa shape index (κ3) is 1.90. The average molecular weight is 276 g/mol. The second-order valence-electron chi connectivity index (χ2n) is 4.79. The Morgan fingerprint density at radius 2 is 1.81 bits per heavy atom. The van der Waals surface area contributed by atoms with Crippen LogP contribution in [0.25, 0.3) is 22.6 Å². The largest absolute Gasteiger partial charge is 0.483 e. The van der Waals surface area contributed by atoms with Gasteiger partial charge in [-0.25, -0.2) is 9.97 Å². The van der Waals surface area contributed by atoms with Crippen LogP contribution in [0.3, 0.4) is 0 Å². The maximum absolute atomic E-state index is 6.04. The molecule has 0 saturated carbocycles. The van der Waals surface area contributed by atoms with Gasteiger partial charge < -0.3 is 10.5 Å². The number of hydrogen-bond acceptors (Lipinski definition) is 5. The Morgan fingerprint density at radius 1 is 1.00 bits per heavy atom. The van der Waals surface area contributed by atoms with Crippen LogP contribution in [0.5, 0.6) is 5.75 Å². The second kappa shape index (κ2) is 4.56. The summed E-state index contributed by atoms with van der Waals surface area (Å²) in [4.78, 5) is 13.0. The number of hydrogen-bond donors (Lipinski definition) is 1. The van der Waals surface area contributed by atoms with Crippen molar-refractivity contribution in [1.29, 1.82) is 0 Å². The minimum atomic E-state index is 0.362. The van der Waals surface area contributed by atoms with E-state index in [0.717, 1.165) is 22.4 Å². The third-order valence-corrected chi connectivity index (χ3v) is 3.47. The van der Waals surface area contributed by atoms with Gasteiger partial charge in [0.15, 0.2) is 17.4 Å². The molecule has 102 valence electrons. The summed E-state index contributed by atoms with van der Waals surface area (Å²) in [6, 6.07) is 11.7. The van der Waals surface area contributed by atoms with Gasteiger partial charge in [-0.1, -0.05) is 24.3 Å². The van der Waals surface area contributed by atoms with E-state index < -0.39 is 0 Å². The number of rotatable bonds is 1. The predicted octanol–water partition coefficient (Wildman–Crippen LogP) is 2.68. The smallest absolute Gasteiger partial charge is 0.188 e. The minimum Gasteiger partial charge on any atom is -0.483 e. The van der Waals surface area contributed by atoms with Gasteiger partial charge in [0.05, 0.1) is 0 Å². The van der Waals surface area contributed by atoms with Gasteiger partial charge in [0.25, 0.3) is 0 Å². The lowest BCUT2D eigenvalue weighted by Gasteiger charge is -2.21. The molecule has 5 heteroatoms. The van der Waals surface area contributed by atoms with Gasteiger partial charge >= 0.3 is 0 Å². The van der Waals surface area contributed by atoms with E-state index in [0.29, 0.717) is 24.0 Å². The fraction of sp³-hybridized carbons (Fsp3) is 0.0625. The molecule has 0 unspecified atom stereocenters. The monoisotopic (exact) mass is 276 g/mol. The quantitative estimate of drug-likeness (QED) is 0.739. The van der Waals surface area contributed by atoms with E-state index in [2.05, 4.69) is 15.0 Å². The zero-order valence-corrected chi connectivity index (χ0v) is 11.2. The predicted molar refractivity (Wildman–Crippen MR) is 79.4 cm³/mol. The molecule has 2 N–H and O–H groups in total. The summed E-state index contributed by atoms with van der Waals surface area (Å²) in [6.07, 6.45) is 3.41. The Bertz CT molecular complexity index is 818. The normalized spacial score (nSPS) is 12.2. The van der Waals surface area contributed by atoms with Crippen LogP contribution in [0, 0.1) is 0 Å². The van der Waals surface area contributed by atoms with E-state index in [9.17, 15) is 0 Å². The van der Waals surface area contributed by atoms with E-state index in [-0.39, 0.29) is 0 Å². The highest BCUT2D eigenvalue weighted by Crippen LogP contribution is 2.39. The molecule has 2 aromatic heterocycles. The van der Waals surface area contributed by atoms with E-state index in [1.165, 1.54) is 0 Å². The Balaban J connectivity index is 1.95. The summed E-state index contributed by atoms with van der Waals surface area (Å²) >= 11 is 0. The first-order chi connectivity index (χ1) is 10.3. The zero-order chi connectivity index (χ0) is 14.2. The van der Waals surface area contributed by atoms with Crippen molar-refractivity contribution in [3.05, 3.63) is 54.4 Å². The standard InChI is InChI=1S/C16H12N4O/c17-15-14-13(12-4-2-1-3-11(12)9-21-14)19-16(20-15)10-5-7-18-8-6-10/h1-8H,9H2,(H2,17,19,20). The van der Waals surface area contributed by atoms with E-state index in [1.54, 1.807) is 12.4 Å². The molecule has 4 rings (SSSR count). The van der Waals surface area contributed by atoms with Gasteiger partial charge in [0, 0.05) is 23.5 Å². The van der Waals surface area contributed by atoms with Crippen LogP contribution >= 0.6 is 0 Å². The molecule has 5 nitrogen and oxygen atoms in total. The lowest BCUT2D eigenvalue weighted by molar-refractivity contribution is 0.301. The first-order valence-corrected chi connectivity index (χ1v) is 6.62. The van der Waals surface area contributed by atoms with Gasteiger partial charge in [-0.15, -0.1) is 0 Å². The van der Waals surface area contributed by atoms with Crippen molar-refractivity contribution in [3.63, 3.8) is 0 Å². The minimum absolute atomic E-state index is 0.362. The summed E-state index contributed by atoms with van der Waals surface area (Å²) in [5.41, 5.74) is 9.81. The topological polar surface area (TPSA) is 73.9 Å². The number of aromatic nitrogens is 3. The molecule has 0 fully saturated rings. The molecule has 0 aliphatic carbocycles. The highest BCUT2D eigenvalue weighted by molar-refractivity contribution is 5.78. The molecular weight excluding hydrogens is 264 g/mol. The Kier molecular flexibility index (Phi) is 2.57. The molecule has 3 heterocycles. The highest BCUT2D eigenvalue weighted by Gasteiger charge is 2.22. The molecule has 0 atom stereocenters. The summed E-state index contributed by atoms with van der Waals surface area (Å²) in [5, 5.41) is 0. The number of benzene rings is 1. The van der Waals surface area contributed by atoms with Crippen molar-refractivity contribution in [2.75, 3.05) is 5.73 Å². The molecule has 0 radical (unpaired) electrons. The van der Waals surface area contributed by atoms with Gasteiger partial charge in [-0.05, 0) is 17.7 Å². The number of nitrogens with two attached hydrogens (primary N) is 1. The van der Waals surface area contributed by atoms with E-state index >= 15 is 0 Å². The molecule has 1 aliphatic rings.